The van der Waals surface area contributed by atoms with Crippen LogP contribution in [0.15, 0.2) is 0 Å². The molecule has 0 aliphatic carbocycles. The lowest BCUT2D eigenvalue weighted by molar-refractivity contribution is -0.879. The average molecular weight is 305 g/mol. The van der Waals surface area contributed by atoms with Crippen molar-refractivity contribution >= 4 is 11.6 Å². The molecular weight excluding hydrogens is 266 g/mol. The Hall–Kier alpha value is 0.250. The van der Waals surface area contributed by atoms with Crippen LogP contribution in [-0.2, 0) is 0 Å². The van der Waals surface area contributed by atoms with Gasteiger partial charge in [0.05, 0.1) is 20.6 Å². The number of halogens is 1. The Morgan fingerprint density at radius 1 is 0.600 bits per heavy atom. The van der Waals surface area contributed by atoms with E-state index in [-0.39, 0.29) is 0 Å². The first-order chi connectivity index (χ1) is 9.62. The predicted molar refractivity (Wildman–Crippen MR) is 93.4 cm³/mol. The summed E-state index contributed by atoms with van der Waals surface area (Å²) in [5.74, 6) is 0. The second kappa shape index (κ2) is 14.2. The van der Waals surface area contributed by atoms with Crippen molar-refractivity contribution in [3.63, 3.8) is 0 Å². The van der Waals surface area contributed by atoms with Gasteiger partial charge in [-0.25, -0.2) is 0 Å². The number of unbranched alkanes of at least 4 members (excludes halogenated alkanes) is 12. The second-order valence-corrected chi connectivity index (χ2v) is 7.26. The first-order valence-electron chi connectivity index (χ1n) is 9.00. The van der Waals surface area contributed by atoms with Gasteiger partial charge >= 0.3 is 0 Å². The third kappa shape index (κ3) is 14.7. The van der Waals surface area contributed by atoms with E-state index in [2.05, 4.69) is 21.0 Å². The van der Waals surface area contributed by atoms with Gasteiger partial charge in [0.2, 0.25) is 0 Å². The molecule has 0 radical (unpaired) electrons. The molecule has 2 heteroatoms. The van der Waals surface area contributed by atoms with Crippen LogP contribution in [0.25, 0.3) is 0 Å². The van der Waals surface area contributed by atoms with Crippen LogP contribution in [0.4, 0.5) is 0 Å². The minimum atomic E-state index is 0.734. The zero-order valence-corrected chi connectivity index (χ0v) is 15.2. The largest absolute Gasteiger partial charge is 0.316 e. The minimum absolute atomic E-state index is 0.734. The highest BCUT2D eigenvalue weighted by molar-refractivity contribution is 6.16. The highest BCUT2D eigenvalue weighted by Crippen LogP contribution is 2.13. The summed E-state index contributed by atoms with van der Waals surface area (Å²) in [5, 5.41) is 0. The molecule has 0 aromatic carbocycles. The van der Waals surface area contributed by atoms with Gasteiger partial charge in [-0.3, -0.25) is 0 Å². The fourth-order valence-electron chi connectivity index (χ4n) is 2.62. The van der Waals surface area contributed by atoms with Crippen molar-refractivity contribution in [1.82, 2.24) is 0 Å². The molecule has 0 saturated heterocycles. The Labute approximate surface area is 133 Å². The van der Waals surface area contributed by atoms with Crippen molar-refractivity contribution in [2.75, 3.05) is 26.6 Å². The van der Waals surface area contributed by atoms with Crippen molar-refractivity contribution < 1.29 is 4.48 Å². The Morgan fingerprint density at radius 3 is 1.30 bits per heavy atom. The molecule has 0 N–H and O–H groups in total. The quantitative estimate of drug-likeness (QED) is 0.143. The van der Waals surface area contributed by atoms with Gasteiger partial charge in [0.15, 0.2) is 6.00 Å². The highest BCUT2D eigenvalue weighted by Gasteiger charge is 2.11. The number of alkyl halides is 1. The van der Waals surface area contributed by atoms with Crippen LogP contribution in [0.1, 0.15) is 90.4 Å². The summed E-state index contributed by atoms with van der Waals surface area (Å²) in [7, 11) is 4.43. The molecule has 0 aliphatic rings. The number of quaternary nitrogens is 1. The van der Waals surface area contributed by atoms with Gasteiger partial charge in [-0.05, 0) is 12.8 Å². The molecule has 0 unspecified atom stereocenters. The molecule has 20 heavy (non-hydrogen) atoms. The van der Waals surface area contributed by atoms with Crippen LogP contribution in [0, 0.1) is 0 Å². The van der Waals surface area contributed by atoms with E-state index in [1.165, 1.54) is 90.0 Å². The lowest BCUT2D eigenvalue weighted by atomic mass is 10.0. The molecule has 1 nitrogen and oxygen atoms in total. The molecule has 0 amide bonds. The maximum absolute atomic E-state index is 5.92. The summed E-state index contributed by atoms with van der Waals surface area (Å²) < 4.78 is 0.958. The smallest absolute Gasteiger partial charge is 0.154 e. The summed E-state index contributed by atoms with van der Waals surface area (Å²) >= 11 is 5.92. The number of hydrogen-bond donors (Lipinski definition) is 0. The fourth-order valence-corrected chi connectivity index (χ4v) is 2.74. The van der Waals surface area contributed by atoms with Gasteiger partial charge in [0.25, 0.3) is 0 Å². The topological polar surface area (TPSA) is 0 Å². The van der Waals surface area contributed by atoms with Gasteiger partial charge in [-0.2, -0.15) is 0 Å². The number of rotatable bonds is 15. The summed E-state index contributed by atoms with van der Waals surface area (Å²) in [6.07, 6.45) is 18.6. The maximum Gasteiger partial charge on any atom is 0.154 e. The zero-order valence-electron chi connectivity index (χ0n) is 14.4. The van der Waals surface area contributed by atoms with Crippen LogP contribution in [0.2, 0.25) is 0 Å². The van der Waals surface area contributed by atoms with E-state index in [1.54, 1.807) is 0 Å². The Kier molecular flexibility index (Phi) is 14.4. The molecule has 0 bridgehead atoms. The Morgan fingerprint density at radius 2 is 0.950 bits per heavy atom. The van der Waals surface area contributed by atoms with Crippen molar-refractivity contribution in [3.05, 3.63) is 0 Å². The van der Waals surface area contributed by atoms with Crippen LogP contribution in [0.3, 0.4) is 0 Å². The Balaban J connectivity index is 3.06. The third-order valence-corrected chi connectivity index (χ3v) is 4.84. The van der Waals surface area contributed by atoms with Crippen LogP contribution in [-0.4, -0.2) is 31.1 Å². The van der Waals surface area contributed by atoms with E-state index in [0.29, 0.717) is 0 Å². The minimum Gasteiger partial charge on any atom is -0.316 e. The molecule has 0 spiro atoms. The standard InChI is InChI=1S/C18H39ClN/c1-4-5-6-7-8-9-10-11-12-13-14-15-16-17-20(2,3)18-19/h4-18H2,1-3H3/q+1. The molecule has 0 rings (SSSR count). The summed E-state index contributed by atoms with van der Waals surface area (Å²) in [6.45, 7) is 3.51. The summed E-state index contributed by atoms with van der Waals surface area (Å²) in [5.41, 5.74) is 0. The average Bonchev–Trinajstić information content (AvgIpc) is 2.44. The zero-order chi connectivity index (χ0) is 15.1. The molecule has 0 atom stereocenters. The van der Waals surface area contributed by atoms with Gasteiger partial charge in [-0.15, -0.1) is 0 Å². The molecule has 0 aromatic heterocycles. The van der Waals surface area contributed by atoms with Crippen LogP contribution >= 0.6 is 11.6 Å². The van der Waals surface area contributed by atoms with Gasteiger partial charge in [-0.1, -0.05) is 89.2 Å². The SMILES string of the molecule is CCCCCCCCCCCCCCC[N+](C)(C)CCl. The molecular formula is C18H39ClN+. The first kappa shape index (κ1) is 20.2. The highest BCUT2D eigenvalue weighted by atomic mass is 35.5. The van der Waals surface area contributed by atoms with Crippen LogP contribution < -0.4 is 0 Å². The molecule has 0 heterocycles. The lowest BCUT2D eigenvalue weighted by Gasteiger charge is -2.26. The van der Waals surface area contributed by atoms with Crippen molar-refractivity contribution in [3.8, 4) is 0 Å². The number of nitrogens with zero attached hydrogens (tertiary/aromatic N) is 1. The normalized spacial score (nSPS) is 12.0. The fraction of sp³-hybridized carbons (Fsp3) is 1.00. The van der Waals surface area contributed by atoms with E-state index in [1.807, 2.05) is 0 Å². The van der Waals surface area contributed by atoms with Gasteiger partial charge < -0.3 is 4.48 Å². The van der Waals surface area contributed by atoms with E-state index in [0.717, 1.165) is 10.5 Å². The number of hydrogen-bond acceptors (Lipinski definition) is 0. The monoisotopic (exact) mass is 304 g/mol. The van der Waals surface area contributed by atoms with Crippen molar-refractivity contribution in [2.45, 2.75) is 90.4 Å². The van der Waals surface area contributed by atoms with E-state index < -0.39 is 0 Å². The second-order valence-electron chi connectivity index (χ2n) is 7.02. The van der Waals surface area contributed by atoms with Crippen molar-refractivity contribution in [1.29, 1.82) is 0 Å². The summed E-state index contributed by atoms with van der Waals surface area (Å²) in [6, 6.07) is 0.734. The molecule has 0 saturated carbocycles. The Bertz CT molecular complexity index is 192. The molecule has 0 aromatic rings. The lowest BCUT2D eigenvalue weighted by Crippen LogP contribution is -2.38. The molecule has 0 aliphatic heterocycles. The van der Waals surface area contributed by atoms with Gasteiger partial charge in [0, 0.05) is 0 Å². The van der Waals surface area contributed by atoms with E-state index >= 15 is 0 Å². The van der Waals surface area contributed by atoms with E-state index in [9.17, 15) is 0 Å². The first-order valence-corrected chi connectivity index (χ1v) is 9.54. The third-order valence-electron chi connectivity index (χ3n) is 4.19. The van der Waals surface area contributed by atoms with Crippen LogP contribution in [0.5, 0.6) is 0 Å². The predicted octanol–water partition coefficient (Wildman–Crippen LogP) is 6.35. The summed E-state index contributed by atoms with van der Waals surface area (Å²) in [4.78, 5) is 0. The molecule has 122 valence electrons. The maximum atomic E-state index is 5.92. The molecule has 0 fully saturated rings. The van der Waals surface area contributed by atoms with Gasteiger partial charge in [0.1, 0.15) is 0 Å². The van der Waals surface area contributed by atoms with E-state index in [4.69, 9.17) is 11.6 Å². The van der Waals surface area contributed by atoms with Crippen molar-refractivity contribution in [2.24, 2.45) is 0 Å².